The van der Waals surface area contributed by atoms with E-state index in [0.29, 0.717) is 36.2 Å². The molecule has 53 heavy (non-hydrogen) atoms. The summed E-state index contributed by atoms with van der Waals surface area (Å²) in [4.78, 5) is 69.3. The highest BCUT2D eigenvalue weighted by Crippen LogP contribution is 2.24. The molecule has 0 bridgehead atoms. The number of hydrogen-bond donors (Lipinski definition) is 2. The maximum absolute atomic E-state index is 12.0. The number of unbranched alkanes of at least 4 members (excludes halogenated alkanes) is 1. The zero-order chi connectivity index (χ0) is 41.0. The first-order valence-electron chi connectivity index (χ1n) is 17.5. The summed E-state index contributed by atoms with van der Waals surface area (Å²) < 4.78 is 29.7. The Balaban J connectivity index is 0. The van der Waals surface area contributed by atoms with Crippen molar-refractivity contribution < 1.29 is 67.4 Å². The van der Waals surface area contributed by atoms with Gasteiger partial charge < -0.3 is 38.6 Å². The van der Waals surface area contributed by atoms with Gasteiger partial charge in [0.25, 0.3) is 0 Å². The van der Waals surface area contributed by atoms with Crippen LogP contribution in [0.15, 0.2) is 24.3 Å². The average Bonchev–Trinajstić information content (AvgIpc) is 3.10. The van der Waals surface area contributed by atoms with Gasteiger partial charge in [-0.25, -0.2) is 9.59 Å². The Morgan fingerprint density at radius 2 is 1.13 bits per heavy atom. The van der Waals surface area contributed by atoms with Crippen molar-refractivity contribution in [2.24, 2.45) is 17.3 Å². The van der Waals surface area contributed by atoms with E-state index in [1.807, 2.05) is 34.6 Å². The summed E-state index contributed by atoms with van der Waals surface area (Å²) in [5.41, 5.74) is -0.172. The van der Waals surface area contributed by atoms with Gasteiger partial charge in [0.15, 0.2) is 0 Å². The molecule has 0 amide bonds. The molecule has 0 aromatic heterocycles. The first kappa shape index (κ1) is 52.0. The standard InChI is InChI=1S/C19H32O7S.C18H30O7S/c1-13(2)9-26-18(23)19(5,6)12-27-8-7-16(21)24-10-15(20)11-25-17(22)14(3)4;1-5-6-8-23-18(22)14(4)12-26-9-7-16(20)24-10-15(19)11-25-17(21)13(2)3/h13,15,20H,3,7-12H2,1-2,4-6H3;14-15,19H,2,5-12H2,1,3-4H3. The van der Waals surface area contributed by atoms with Gasteiger partial charge in [-0.15, -0.1) is 0 Å². The number of aliphatic hydroxyl groups excluding tert-OH is 2. The van der Waals surface area contributed by atoms with E-state index in [4.69, 9.17) is 28.4 Å². The molecule has 0 rings (SSSR count). The molecule has 0 fully saturated rings. The Morgan fingerprint density at radius 1 is 0.679 bits per heavy atom. The van der Waals surface area contributed by atoms with Crippen molar-refractivity contribution in [1.82, 2.24) is 0 Å². The van der Waals surface area contributed by atoms with E-state index in [0.717, 1.165) is 12.8 Å². The molecule has 14 nitrogen and oxygen atoms in total. The summed E-state index contributed by atoms with van der Waals surface area (Å²) in [6, 6.07) is 0. The highest BCUT2D eigenvalue weighted by Gasteiger charge is 2.29. The quantitative estimate of drug-likeness (QED) is 0.0511. The van der Waals surface area contributed by atoms with Gasteiger partial charge in [-0.05, 0) is 40.0 Å². The van der Waals surface area contributed by atoms with E-state index in [1.165, 1.54) is 37.4 Å². The fourth-order valence-corrected chi connectivity index (χ4v) is 5.18. The highest BCUT2D eigenvalue weighted by atomic mass is 32.2. The van der Waals surface area contributed by atoms with E-state index in [9.17, 15) is 39.0 Å². The van der Waals surface area contributed by atoms with Gasteiger partial charge in [0, 0.05) is 34.2 Å². The van der Waals surface area contributed by atoms with Gasteiger partial charge in [0.05, 0.1) is 37.4 Å². The summed E-state index contributed by atoms with van der Waals surface area (Å²) >= 11 is 2.93. The summed E-state index contributed by atoms with van der Waals surface area (Å²) in [6.45, 7) is 21.0. The van der Waals surface area contributed by atoms with E-state index >= 15 is 0 Å². The summed E-state index contributed by atoms with van der Waals surface area (Å²) in [6.07, 6.45) is -0.00721. The van der Waals surface area contributed by atoms with E-state index in [-0.39, 0.29) is 74.2 Å². The normalized spacial score (nSPS) is 12.6. The smallest absolute Gasteiger partial charge is 0.333 e. The Morgan fingerprint density at radius 3 is 1.57 bits per heavy atom. The van der Waals surface area contributed by atoms with Gasteiger partial charge in [-0.3, -0.25) is 19.2 Å². The van der Waals surface area contributed by atoms with E-state index < -0.39 is 41.5 Å². The van der Waals surface area contributed by atoms with Crippen molar-refractivity contribution in [2.75, 3.05) is 62.7 Å². The molecular formula is C37H62O14S2. The molecule has 0 radical (unpaired) electrons. The molecule has 0 aliphatic carbocycles. The van der Waals surface area contributed by atoms with Crippen molar-refractivity contribution in [3.63, 3.8) is 0 Å². The first-order chi connectivity index (χ1) is 24.7. The number of carbonyl (C=O) groups excluding carboxylic acids is 6. The summed E-state index contributed by atoms with van der Waals surface area (Å²) in [7, 11) is 0. The van der Waals surface area contributed by atoms with Crippen LogP contribution in [0.25, 0.3) is 0 Å². The predicted molar refractivity (Wildman–Crippen MR) is 204 cm³/mol. The van der Waals surface area contributed by atoms with Gasteiger partial charge in [0.1, 0.15) is 38.6 Å². The molecule has 306 valence electrons. The Bertz CT molecular complexity index is 1150. The number of rotatable bonds is 27. The molecule has 0 aromatic carbocycles. The van der Waals surface area contributed by atoms with Gasteiger partial charge >= 0.3 is 35.8 Å². The molecule has 0 spiro atoms. The summed E-state index contributed by atoms with van der Waals surface area (Å²) in [5, 5.41) is 19.2. The number of hydrogen-bond acceptors (Lipinski definition) is 16. The highest BCUT2D eigenvalue weighted by molar-refractivity contribution is 7.99. The monoisotopic (exact) mass is 794 g/mol. The van der Waals surface area contributed by atoms with Crippen LogP contribution in [0.3, 0.4) is 0 Å². The lowest BCUT2D eigenvalue weighted by atomic mass is 9.97. The second kappa shape index (κ2) is 30.3. The Kier molecular flexibility index (Phi) is 29.7. The van der Waals surface area contributed by atoms with Crippen LogP contribution in [-0.4, -0.2) is 121 Å². The average molecular weight is 795 g/mol. The van der Waals surface area contributed by atoms with Crippen LogP contribution < -0.4 is 0 Å². The molecule has 0 aromatic rings. The largest absolute Gasteiger partial charge is 0.465 e. The molecule has 0 aliphatic heterocycles. The Hall–Kier alpha value is -3.08. The molecule has 0 aliphatic rings. The van der Waals surface area contributed by atoms with Crippen molar-refractivity contribution in [1.29, 1.82) is 0 Å². The SMILES string of the molecule is C=C(C)C(=O)OCC(O)COC(=O)CCSCC(C)(C)C(=O)OCC(C)C.C=C(C)C(=O)OCC(O)COC(=O)CCSCC(C)C(=O)OCCCC. The molecule has 16 heteroatoms. The first-order valence-corrected chi connectivity index (χ1v) is 19.9. The van der Waals surface area contributed by atoms with Gasteiger partial charge in [0.2, 0.25) is 0 Å². The van der Waals surface area contributed by atoms with Crippen LogP contribution in [0.4, 0.5) is 0 Å². The molecular weight excluding hydrogens is 733 g/mol. The number of esters is 6. The number of thioether (sulfide) groups is 2. The fourth-order valence-electron chi connectivity index (χ4n) is 3.13. The summed E-state index contributed by atoms with van der Waals surface area (Å²) in [5.74, 6) is -0.459. The lowest BCUT2D eigenvalue weighted by Gasteiger charge is -2.22. The van der Waals surface area contributed by atoms with Crippen LogP contribution in [0.2, 0.25) is 0 Å². The van der Waals surface area contributed by atoms with Crippen molar-refractivity contribution >= 4 is 59.3 Å². The van der Waals surface area contributed by atoms with Crippen molar-refractivity contribution in [3.8, 4) is 0 Å². The van der Waals surface area contributed by atoms with Crippen LogP contribution >= 0.6 is 23.5 Å². The Labute approximate surface area is 323 Å². The number of aliphatic hydroxyl groups is 2. The molecule has 3 atom stereocenters. The van der Waals surface area contributed by atoms with Crippen molar-refractivity contribution in [2.45, 2.75) is 93.3 Å². The number of ether oxygens (including phenoxy) is 6. The van der Waals surface area contributed by atoms with E-state index in [1.54, 1.807) is 6.92 Å². The maximum Gasteiger partial charge on any atom is 0.333 e. The minimum absolute atomic E-state index is 0.153. The van der Waals surface area contributed by atoms with Gasteiger partial charge in [-0.2, -0.15) is 23.5 Å². The molecule has 0 heterocycles. The minimum Gasteiger partial charge on any atom is -0.465 e. The third-order valence-electron chi connectivity index (χ3n) is 6.36. The van der Waals surface area contributed by atoms with E-state index in [2.05, 4.69) is 13.2 Å². The van der Waals surface area contributed by atoms with Gasteiger partial charge in [-0.1, -0.05) is 47.3 Å². The third-order valence-corrected chi connectivity index (χ3v) is 9.01. The zero-order valence-electron chi connectivity index (χ0n) is 32.7. The minimum atomic E-state index is -1.08. The number of carbonyl (C=O) groups is 6. The van der Waals surface area contributed by atoms with Crippen molar-refractivity contribution in [3.05, 3.63) is 24.3 Å². The molecule has 3 unspecified atom stereocenters. The third kappa shape index (κ3) is 30.0. The molecule has 0 saturated heterocycles. The van der Waals surface area contributed by atoms with Crippen LogP contribution in [0.1, 0.15) is 81.1 Å². The predicted octanol–water partition coefficient (Wildman–Crippen LogP) is 4.47. The zero-order valence-corrected chi connectivity index (χ0v) is 34.4. The topological polar surface area (TPSA) is 198 Å². The molecule has 2 N–H and O–H groups in total. The lowest BCUT2D eigenvalue weighted by Crippen LogP contribution is -2.30. The maximum atomic E-state index is 12.0. The lowest BCUT2D eigenvalue weighted by molar-refractivity contribution is -0.154. The van der Waals surface area contributed by atoms with Crippen LogP contribution in [0, 0.1) is 17.3 Å². The molecule has 0 saturated carbocycles. The van der Waals surface area contributed by atoms with Crippen LogP contribution in [0.5, 0.6) is 0 Å². The second-order valence-corrected chi connectivity index (χ2v) is 15.6. The van der Waals surface area contributed by atoms with Crippen LogP contribution in [-0.2, 0) is 57.2 Å². The fraction of sp³-hybridized carbons (Fsp3) is 0.730. The second-order valence-electron chi connectivity index (χ2n) is 13.4.